The second-order valence-electron chi connectivity index (χ2n) is 7.16. The van der Waals surface area contributed by atoms with Gasteiger partial charge in [0.15, 0.2) is 0 Å². The number of hydrogen-bond donors (Lipinski definition) is 3. The Labute approximate surface area is 169 Å². The molecule has 0 radical (unpaired) electrons. The molecule has 0 aliphatic rings. The second-order valence-corrected chi connectivity index (χ2v) is 7.16. The highest BCUT2D eigenvalue weighted by Crippen LogP contribution is 2.34. The lowest BCUT2D eigenvalue weighted by atomic mass is 10.0. The third kappa shape index (κ3) is 2.60. The summed E-state index contributed by atoms with van der Waals surface area (Å²) in [6.45, 7) is 0. The van der Waals surface area contributed by atoms with E-state index in [-0.39, 0.29) is 5.82 Å². The maximum Gasteiger partial charge on any atom is 0.123 e. The first-order valence-corrected chi connectivity index (χ1v) is 9.46. The molecule has 144 valence electrons. The maximum absolute atomic E-state index is 13.3. The molecule has 0 saturated heterocycles. The fourth-order valence-corrected chi connectivity index (χ4v) is 3.85. The van der Waals surface area contributed by atoms with Crippen LogP contribution >= 0.6 is 0 Å². The molecule has 0 spiro atoms. The van der Waals surface area contributed by atoms with Crippen molar-refractivity contribution in [3.63, 3.8) is 0 Å². The minimum absolute atomic E-state index is 0.259. The van der Waals surface area contributed by atoms with Crippen molar-refractivity contribution in [1.82, 2.24) is 30.4 Å². The first kappa shape index (κ1) is 16.7. The van der Waals surface area contributed by atoms with Crippen LogP contribution in [0.4, 0.5) is 4.39 Å². The van der Waals surface area contributed by atoms with Gasteiger partial charge in [-0.05, 0) is 41.5 Å². The van der Waals surface area contributed by atoms with Gasteiger partial charge in [0.2, 0.25) is 0 Å². The SMILES string of the molecule is Fc1ccc(-c2cncc3[nH]c(-c4n[nH]c5ccc(-c6cn[nH]c6)cc45)cc23)cc1. The third-order valence-electron chi connectivity index (χ3n) is 5.35. The van der Waals surface area contributed by atoms with Gasteiger partial charge in [-0.2, -0.15) is 10.2 Å². The summed E-state index contributed by atoms with van der Waals surface area (Å²) in [5.74, 6) is -0.259. The number of nitrogens with one attached hydrogen (secondary N) is 3. The van der Waals surface area contributed by atoms with E-state index < -0.39 is 0 Å². The number of halogens is 1. The zero-order chi connectivity index (χ0) is 20.1. The lowest BCUT2D eigenvalue weighted by Crippen LogP contribution is -1.82. The Kier molecular flexibility index (Phi) is 3.55. The smallest absolute Gasteiger partial charge is 0.123 e. The molecule has 0 aliphatic carbocycles. The molecule has 30 heavy (non-hydrogen) atoms. The fourth-order valence-electron chi connectivity index (χ4n) is 3.85. The number of fused-ring (bicyclic) bond motifs is 2. The molecular weight excluding hydrogens is 379 g/mol. The van der Waals surface area contributed by atoms with Crippen LogP contribution in [0.2, 0.25) is 0 Å². The molecule has 0 saturated carbocycles. The molecule has 4 aromatic heterocycles. The maximum atomic E-state index is 13.3. The number of rotatable bonds is 3. The van der Waals surface area contributed by atoms with E-state index >= 15 is 0 Å². The quantitative estimate of drug-likeness (QED) is 0.381. The standard InChI is InChI=1S/C23H15FN6/c24-16-4-1-13(2-5-16)19-11-25-12-22-17(19)8-21(28-22)23-18-7-14(15-9-26-27-10-15)3-6-20(18)29-30-23/h1-12,28H,(H,26,27)(H,29,30). The molecule has 0 amide bonds. The first-order valence-electron chi connectivity index (χ1n) is 9.46. The Morgan fingerprint density at radius 2 is 1.63 bits per heavy atom. The van der Waals surface area contributed by atoms with Gasteiger partial charge in [-0.3, -0.25) is 15.2 Å². The lowest BCUT2D eigenvalue weighted by Gasteiger charge is -2.02. The number of benzene rings is 2. The van der Waals surface area contributed by atoms with Crippen LogP contribution in [0.25, 0.3) is 55.4 Å². The Bertz CT molecular complexity index is 1490. The van der Waals surface area contributed by atoms with Crippen LogP contribution in [0.1, 0.15) is 0 Å². The molecule has 6 nitrogen and oxygen atoms in total. The van der Waals surface area contributed by atoms with Gasteiger partial charge in [0.25, 0.3) is 0 Å². The number of aromatic amines is 3. The van der Waals surface area contributed by atoms with Crippen LogP contribution in [0.15, 0.2) is 73.3 Å². The van der Waals surface area contributed by atoms with E-state index in [9.17, 15) is 4.39 Å². The second kappa shape index (κ2) is 6.38. The third-order valence-corrected chi connectivity index (χ3v) is 5.35. The summed E-state index contributed by atoms with van der Waals surface area (Å²) >= 11 is 0. The summed E-state index contributed by atoms with van der Waals surface area (Å²) in [6.07, 6.45) is 7.25. The van der Waals surface area contributed by atoms with Crippen molar-refractivity contribution < 1.29 is 4.39 Å². The Morgan fingerprint density at radius 3 is 2.47 bits per heavy atom. The summed E-state index contributed by atoms with van der Waals surface area (Å²) in [5, 5.41) is 16.6. The van der Waals surface area contributed by atoms with Gasteiger partial charge in [-0.15, -0.1) is 0 Å². The van der Waals surface area contributed by atoms with Gasteiger partial charge in [0, 0.05) is 34.3 Å². The van der Waals surface area contributed by atoms with Crippen LogP contribution in [-0.4, -0.2) is 30.4 Å². The summed E-state index contributed by atoms with van der Waals surface area (Å²) < 4.78 is 13.3. The van der Waals surface area contributed by atoms with Gasteiger partial charge < -0.3 is 4.98 Å². The minimum atomic E-state index is -0.259. The summed E-state index contributed by atoms with van der Waals surface area (Å²) in [4.78, 5) is 7.78. The van der Waals surface area contributed by atoms with E-state index in [0.29, 0.717) is 0 Å². The number of aromatic nitrogens is 6. The Balaban J connectivity index is 1.52. The van der Waals surface area contributed by atoms with Crippen molar-refractivity contribution in [2.24, 2.45) is 0 Å². The van der Waals surface area contributed by atoms with Crippen LogP contribution in [0.3, 0.4) is 0 Å². The molecule has 4 heterocycles. The Morgan fingerprint density at radius 1 is 0.767 bits per heavy atom. The molecule has 0 atom stereocenters. The zero-order valence-corrected chi connectivity index (χ0v) is 15.6. The predicted molar refractivity (Wildman–Crippen MR) is 114 cm³/mol. The largest absolute Gasteiger partial charge is 0.352 e. The average Bonchev–Trinajstić information content (AvgIpc) is 3.52. The number of nitrogens with zero attached hydrogens (tertiary/aromatic N) is 3. The molecule has 0 aliphatic heterocycles. The minimum Gasteiger partial charge on any atom is -0.352 e. The number of H-pyrrole nitrogens is 3. The van der Waals surface area contributed by atoms with Crippen LogP contribution in [0, 0.1) is 5.82 Å². The molecule has 3 N–H and O–H groups in total. The van der Waals surface area contributed by atoms with Crippen molar-refractivity contribution in [2.75, 3.05) is 0 Å². The van der Waals surface area contributed by atoms with E-state index in [2.05, 4.69) is 42.5 Å². The van der Waals surface area contributed by atoms with Gasteiger partial charge in [-0.25, -0.2) is 4.39 Å². The van der Waals surface area contributed by atoms with Crippen LogP contribution in [0.5, 0.6) is 0 Å². The van der Waals surface area contributed by atoms with Gasteiger partial charge >= 0.3 is 0 Å². The molecule has 2 aromatic carbocycles. The highest BCUT2D eigenvalue weighted by Gasteiger charge is 2.14. The normalized spacial score (nSPS) is 11.5. The van der Waals surface area contributed by atoms with Gasteiger partial charge in [-0.1, -0.05) is 18.2 Å². The fraction of sp³-hybridized carbons (Fsp3) is 0. The topological polar surface area (TPSA) is 86.0 Å². The molecule has 7 heteroatoms. The van der Waals surface area contributed by atoms with Crippen molar-refractivity contribution in [1.29, 1.82) is 0 Å². The molecule has 6 aromatic rings. The highest BCUT2D eigenvalue weighted by molar-refractivity contribution is 6.01. The zero-order valence-electron chi connectivity index (χ0n) is 15.6. The van der Waals surface area contributed by atoms with E-state index in [4.69, 9.17) is 0 Å². The summed E-state index contributed by atoms with van der Waals surface area (Å²) in [5.41, 5.74) is 7.49. The van der Waals surface area contributed by atoms with Crippen LogP contribution < -0.4 is 0 Å². The van der Waals surface area contributed by atoms with Gasteiger partial charge in [0.1, 0.15) is 11.5 Å². The molecule has 0 bridgehead atoms. The van der Waals surface area contributed by atoms with E-state index in [0.717, 1.165) is 55.4 Å². The van der Waals surface area contributed by atoms with E-state index in [1.54, 1.807) is 30.7 Å². The highest BCUT2D eigenvalue weighted by atomic mass is 19.1. The van der Waals surface area contributed by atoms with Gasteiger partial charge in [0.05, 0.1) is 29.1 Å². The number of hydrogen-bond acceptors (Lipinski definition) is 3. The van der Waals surface area contributed by atoms with Crippen molar-refractivity contribution in [2.45, 2.75) is 0 Å². The van der Waals surface area contributed by atoms with Crippen molar-refractivity contribution >= 4 is 21.8 Å². The monoisotopic (exact) mass is 394 g/mol. The Hall–Kier alpha value is -4.26. The lowest BCUT2D eigenvalue weighted by molar-refractivity contribution is 0.628. The van der Waals surface area contributed by atoms with E-state index in [1.807, 2.05) is 18.3 Å². The summed E-state index contributed by atoms with van der Waals surface area (Å²) in [7, 11) is 0. The number of pyridine rings is 1. The van der Waals surface area contributed by atoms with Crippen molar-refractivity contribution in [3.8, 4) is 33.6 Å². The van der Waals surface area contributed by atoms with E-state index in [1.165, 1.54) is 12.1 Å². The molecule has 6 rings (SSSR count). The molecule has 0 unspecified atom stereocenters. The average molecular weight is 394 g/mol. The van der Waals surface area contributed by atoms with Crippen molar-refractivity contribution in [3.05, 3.63) is 79.1 Å². The molecular formula is C23H15FN6. The van der Waals surface area contributed by atoms with Crippen LogP contribution in [-0.2, 0) is 0 Å². The summed E-state index contributed by atoms with van der Waals surface area (Å²) in [6, 6.07) is 14.7. The predicted octanol–water partition coefficient (Wildman–Crippen LogP) is 5.30. The first-order chi connectivity index (χ1) is 14.8. The molecule has 0 fully saturated rings.